The predicted molar refractivity (Wildman–Crippen MR) is 67.5 cm³/mol. The molecule has 0 spiro atoms. The summed E-state index contributed by atoms with van der Waals surface area (Å²) in [6, 6.07) is 0. The maximum Gasteiger partial charge on any atom is 0.305 e. The monoisotopic (exact) mass is 267 g/mol. The highest BCUT2D eigenvalue weighted by Gasteiger charge is 2.52. The molecule has 2 unspecified atom stereocenters. The van der Waals surface area contributed by atoms with Crippen LogP contribution in [0, 0.1) is 17.8 Å². The highest BCUT2D eigenvalue weighted by molar-refractivity contribution is 5.83. The summed E-state index contributed by atoms with van der Waals surface area (Å²) in [5.74, 6) is 0.695. The number of carboxylic acids is 1. The van der Waals surface area contributed by atoms with E-state index in [-0.39, 0.29) is 18.2 Å². The Bertz CT molecular complexity index is 385. The van der Waals surface area contributed by atoms with Crippen LogP contribution in [0.5, 0.6) is 0 Å². The summed E-state index contributed by atoms with van der Waals surface area (Å²) < 4.78 is 5.29. The van der Waals surface area contributed by atoms with Crippen LogP contribution in [-0.4, -0.2) is 35.7 Å². The molecule has 2 saturated carbocycles. The fraction of sp³-hybridized carbons (Fsp3) is 0.857. The molecule has 3 rings (SSSR count). The standard InChI is InChI=1S/C14H21NO4/c16-12(17)8-14(3-5-19-6-4-14)15-13(18)11-7-10(11)9-1-2-9/h9-11H,1-8H2,(H,15,18)(H,16,17). The molecule has 0 bridgehead atoms. The van der Waals surface area contributed by atoms with Crippen molar-refractivity contribution in [2.24, 2.45) is 17.8 Å². The highest BCUT2D eigenvalue weighted by atomic mass is 16.5. The van der Waals surface area contributed by atoms with Crippen molar-refractivity contribution in [2.45, 2.75) is 44.1 Å². The number of ether oxygens (including phenoxy) is 1. The largest absolute Gasteiger partial charge is 0.481 e. The van der Waals surface area contributed by atoms with Crippen molar-refractivity contribution in [3.63, 3.8) is 0 Å². The van der Waals surface area contributed by atoms with Crippen LogP contribution in [0.3, 0.4) is 0 Å². The van der Waals surface area contributed by atoms with Crippen LogP contribution >= 0.6 is 0 Å². The van der Waals surface area contributed by atoms with Gasteiger partial charge in [-0.1, -0.05) is 0 Å². The Morgan fingerprint density at radius 1 is 1.26 bits per heavy atom. The summed E-state index contributed by atoms with van der Waals surface area (Å²) in [7, 11) is 0. The normalized spacial score (nSPS) is 32.6. The molecule has 0 aromatic heterocycles. The van der Waals surface area contributed by atoms with E-state index in [0.717, 1.165) is 12.3 Å². The minimum absolute atomic E-state index is 0.00289. The second kappa shape index (κ2) is 4.78. The van der Waals surface area contributed by atoms with E-state index in [2.05, 4.69) is 5.32 Å². The molecule has 5 heteroatoms. The first-order valence-electron chi connectivity index (χ1n) is 7.21. The van der Waals surface area contributed by atoms with Crippen LogP contribution in [-0.2, 0) is 14.3 Å². The molecule has 2 aliphatic carbocycles. The highest BCUT2D eigenvalue weighted by Crippen LogP contribution is 2.54. The Kier molecular flexibility index (Phi) is 3.25. The molecule has 106 valence electrons. The zero-order valence-electron chi connectivity index (χ0n) is 11.1. The second-order valence-electron chi connectivity index (χ2n) is 6.30. The van der Waals surface area contributed by atoms with E-state index < -0.39 is 11.5 Å². The molecule has 3 aliphatic rings. The molecule has 0 radical (unpaired) electrons. The van der Waals surface area contributed by atoms with Crippen LogP contribution in [0.25, 0.3) is 0 Å². The Balaban J connectivity index is 1.60. The Hall–Kier alpha value is -1.10. The van der Waals surface area contributed by atoms with Gasteiger partial charge in [0.05, 0.1) is 12.0 Å². The average Bonchev–Trinajstić information content (AvgIpc) is 3.21. The van der Waals surface area contributed by atoms with Gasteiger partial charge >= 0.3 is 5.97 Å². The lowest BCUT2D eigenvalue weighted by Crippen LogP contribution is -2.53. The van der Waals surface area contributed by atoms with Gasteiger partial charge in [-0.3, -0.25) is 9.59 Å². The van der Waals surface area contributed by atoms with Crippen molar-refractivity contribution in [1.82, 2.24) is 5.32 Å². The number of aliphatic carboxylic acids is 1. The minimum atomic E-state index is -0.850. The Morgan fingerprint density at radius 2 is 1.95 bits per heavy atom. The molecule has 1 saturated heterocycles. The summed E-state index contributed by atoms with van der Waals surface area (Å²) in [5, 5.41) is 12.1. The molecule has 0 aromatic carbocycles. The van der Waals surface area contributed by atoms with Gasteiger partial charge in [0.1, 0.15) is 0 Å². The lowest BCUT2D eigenvalue weighted by Gasteiger charge is -2.37. The van der Waals surface area contributed by atoms with Crippen LogP contribution in [0.4, 0.5) is 0 Å². The first-order valence-corrected chi connectivity index (χ1v) is 7.21. The molecule has 3 fully saturated rings. The summed E-state index contributed by atoms with van der Waals surface area (Å²) in [6.07, 6.45) is 4.74. The van der Waals surface area contributed by atoms with E-state index >= 15 is 0 Å². The lowest BCUT2D eigenvalue weighted by atomic mass is 9.86. The SMILES string of the molecule is O=C(O)CC1(NC(=O)C2CC2C2CC2)CCOCC1. The van der Waals surface area contributed by atoms with Crippen molar-refractivity contribution < 1.29 is 19.4 Å². The van der Waals surface area contributed by atoms with Gasteiger partial charge in [-0.05, 0) is 43.9 Å². The molecule has 0 aromatic rings. The maximum atomic E-state index is 12.3. The smallest absolute Gasteiger partial charge is 0.305 e. The van der Waals surface area contributed by atoms with Gasteiger partial charge in [-0.25, -0.2) is 0 Å². The average molecular weight is 267 g/mol. The van der Waals surface area contributed by atoms with Crippen molar-refractivity contribution in [3.8, 4) is 0 Å². The lowest BCUT2D eigenvalue weighted by molar-refractivity contribution is -0.140. The van der Waals surface area contributed by atoms with Gasteiger partial charge in [-0.2, -0.15) is 0 Å². The van der Waals surface area contributed by atoms with E-state index in [1.165, 1.54) is 12.8 Å². The van der Waals surface area contributed by atoms with Gasteiger partial charge in [-0.15, -0.1) is 0 Å². The van der Waals surface area contributed by atoms with Gasteiger partial charge in [0.2, 0.25) is 5.91 Å². The van der Waals surface area contributed by atoms with Crippen molar-refractivity contribution >= 4 is 11.9 Å². The third kappa shape index (κ3) is 2.91. The number of hydrogen-bond donors (Lipinski definition) is 2. The first-order chi connectivity index (χ1) is 9.10. The summed E-state index contributed by atoms with van der Waals surface area (Å²) in [6.45, 7) is 1.06. The van der Waals surface area contributed by atoms with Gasteiger partial charge in [0, 0.05) is 19.1 Å². The summed E-state index contributed by atoms with van der Waals surface area (Å²) >= 11 is 0. The molecular weight excluding hydrogens is 246 g/mol. The van der Waals surface area contributed by atoms with Crippen LogP contribution in [0.1, 0.15) is 38.5 Å². The predicted octanol–water partition coefficient (Wildman–Crippen LogP) is 1.17. The minimum Gasteiger partial charge on any atom is -0.481 e. The molecule has 1 amide bonds. The number of nitrogens with one attached hydrogen (secondary N) is 1. The first kappa shape index (κ1) is 12.9. The number of carbonyl (C=O) groups is 2. The van der Waals surface area contributed by atoms with Crippen LogP contribution in [0.15, 0.2) is 0 Å². The fourth-order valence-electron chi connectivity index (χ4n) is 3.31. The third-order valence-electron chi connectivity index (χ3n) is 4.73. The Labute approximate surface area is 112 Å². The number of carboxylic acid groups (broad SMARTS) is 1. The van der Waals surface area contributed by atoms with Crippen molar-refractivity contribution in [1.29, 1.82) is 0 Å². The van der Waals surface area contributed by atoms with Crippen LogP contribution < -0.4 is 5.32 Å². The molecule has 2 N–H and O–H groups in total. The second-order valence-corrected chi connectivity index (χ2v) is 6.30. The van der Waals surface area contributed by atoms with E-state index in [1.54, 1.807) is 0 Å². The number of carbonyl (C=O) groups excluding carboxylic acids is 1. The van der Waals surface area contributed by atoms with Gasteiger partial charge in [0.25, 0.3) is 0 Å². The quantitative estimate of drug-likeness (QED) is 0.784. The van der Waals surface area contributed by atoms with E-state index in [0.29, 0.717) is 32.0 Å². The molecule has 5 nitrogen and oxygen atoms in total. The summed E-state index contributed by atoms with van der Waals surface area (Å²) in [4.78, 5) is 23.3. The number of rotatable bonds is 5. The maximum absolute atomic E-state index is 12.3. The molecule has 2 atom stereocenters. The molecule has 19 heavy (non-hydrogen) atoms. The van der Waals surface area contributed by atoms with Gasteiger partial charge < -0.3 is 15.2 Å². The molecule has 1 heterocycles. The zero-order valence-corrected chi connectivity index (χ0v) is 11.1. The van der Waals surface area contributed by atoms with E-state index in [4.69, 9.17) is 9.84 Å². The fourth-order valence-corrected chi connectivity index (χ4v) is 3.31. The summed E-state index contributed by atoms with van der Waals surface area (Å²) in [5.41, 5.74) is -0.585. The molecular formula is C14H21NO4. The third-order valence-corrected chi connectivity index (χ3v) is 4.73. The van der Waals surface area contributed by atoms with E-state index in [9.17, 15) is 9.59 Å². The zero-order chi connectivity index (χ0) is 13.5. The number of hydrogen-bond acceptors (Lipinski definition) is 3. The topological polar surface area (TPSA) is 75.6 Å². The van der Waals surface area contributed by atoms with E-state index in [1.807, 2.05) is 0 Å². The van der Waals surface area contributed by atoms with Crippen molar-refractivity contribution in [2.75, 3.05) is 13.2 Å². The molecule has 1 aliphatic heterocycles. The Morgan fingerprint density at radius 3 is 2.53 bits per heavy atom. The van der Waals surface area contributed by atoms with Crippen LogP contribution in [0.2, 0.25) is 0 Å². The number of amides is 1. The van der Waals surface area contributed by atoms with Gasteiger partial charge in [0.15, 0.2) is 0 Å². The van der Waals surface area contributed by atoms with Crippen molar-refractivity contribution in [3.05, 3.63) is 0 Å².